The number of nitrogens with one attached hydrogen (secondary N) is 1. The first-order chi connectivity index (χ1) is 10.6. The van der Waals surface area contributed by atoms with Gasteiger partial charge in [0, 0.05) is 24.3 Å². The lowest BCUT2D eigenvalue weighted by molar-refractivity contribution is 0.0785. The van der Waals surface area contributed by atoms with Crippen LogP contribution in [0.4, 0.5) is 0 Å². The maximum atomic E-state index is 12.4. The number of rotatable bonds is 3. The number of amides is 1. The number of pyridine rings is 1. The molecule has 5 heteroatoms. The topological polar surface area (TPSA) is 53.2 Å². The highest BCUT2D eigenvalue weighted by Crippen LogP contribution is 2.22. The summed E-state index contributed by atoms with van der Waals surface area (Å²) in [6, 6.07) is 11.1. The van der Waals surface area contributed by atoms with Crippen molar-refractivity contribution in [1.29, 1.82) is 0 Å². The van der Waals surface area contributed by atoms with E-state index in [4.69, 9.17) is 11.6 Å². The Balaban J connectivity index is 1.65. The third-order valence-electron chi connectivity index (χ3n) is 4.06. The van der Waals surface area contributed by atoms with Crippen molar-refractivity contribution in [1.82, 2.24) is 9.88 Å². The number of benzene rings is 1. The van der Waals surface area contributed by atoms with Crippen molar-refractivity contribution in [2.75, 3.05) is 13.1 Å². The summed E-state index contributed by atoms with van der Waals surface area (Å²) in [6.45, 7) is 1.39. The van der Waals surface area contributed by atoms with Gasteiger partial charge >= 0.3 is 0 Å². The van der Waals surface area contributed by atoms with Crippen LogP contribution in [0.3, 0.4) is 0 Å². The van der Waals surface area contributed by atoms with Crippen molar-refractivity contribution < 1.29 is 4.79 Å². The van der Waals surface area contributed by atoms with Gasteiger partial charge in [-0.3, -0.25) is 9.59 Å². The Morgan fingerprint density at radius 3 is 2.77 bits per heavy atom. The van der Waals surface area contributed by atoms with Gasteiger partial charge in [0.05, 0.1) is 0 Å². The van der Waals surface area contributed by atoms with Crippen LogP contribution < -0.4 is 5.56 Å². The van der Waals surface area contributed by atoms with E-state index in [1.54, 1.807) is 17.0 Å². The minimum Gasteiger partial charge on any atom is -0.338 e. The minimum atomic E-state index is -0.325. The number of H-pyrrole nitrogens is 1. The zero-order valence-electron chi connectivity index (χ0n) is 12.1. The van der Waals surface area contributed by atoms with E-state index in [0.717, 1.165) is 17.9 Å². The molecule has 1 aromatic carbocycles. The van der Waals surface area contributed by atoms with Crippen molar-refractivity contribution in [3.63, 3.8) is 0 Å². The maximum absolute atomic E-state index is 12.4. The summed E-state index contributed by atoms with van der Waals surface area (Å²) in [5.74, 6) is 0.244. The average molecular weight is 317 g/mol. The van der Waals surface area contributed by atoms with Gasteiger partial charge in [-0.2, -0.15) is 0 Å². The molecule has 1 aromatic heterocycles. The lowest BCUT2D eigenvalue weighted by Crippen LogP contribution is -2.33. The Kier molecular flexibility index (Phi) is 4.29. The Morgan fingerprint density at radius 1 is 1.27 bits per heavy atom. The SMILES string of the molecule is O=C(c1ccc[nH]c1=O)N1CCC(Cc2ccc(Cl)cc2)C1. The molecule has 114 valence electrons. The van der Waals surface area contributed by atoms with E-state index in [1.165, 1.54) is 11.8 Å². The van der Waals surface area contributed by atoms with Gasteiger partial charge < -0.3 is 9.88 Å². The molecule has 0 saturated carbocycles. The highest BCUT2D eigenvalue weighted by molar-refractivity contribution is 6.30. The Morgan fingerprint density at radius 2 is 2.05 bits per heavy atom. The van der Waals surface area contributed by atoms with Crippen LogP contribution in [0, 0.1) is 5.92 Å². The van der Waals surface area contributed by atoms with Gasteiger partial charge in [-0.25, -0.2) is 0 Å². The van der Waals surface area contributed by atoms with Crippen LogP contribution in [-0.4, -0.2) is 28.9 Å². The number of likely N-dealkylation sites (tertiary alicyclic amines) is 1. The third kappa shape index (κ3) is 3.22. The maximum Gasteiger partial charge on any atom is 0.260 e. The normalized spacial score (nSPS) is 17.7. The second kappa shape index (κ2) is 6.36. The lowest BCUT2D eigenvalue weighted by atomic mass is 9.99. The van der Waals surface area contributed by atoms with E-state index < -0.39 is 0 Å². The Hall–Kier alpha value is -2.07. The standard InChI is InChI=1S/C17H17ClN2O2/c18-14-5-3-12(4-6-14)10-13-7-9-20(11-13)17(22)15-2-1-8-19-16(15)21/h1-6,8,13H,7,9-11H2,(H,19,21). The second-order valence-corrected chi connectivity index (χ2v) is 6.09. The molecule has 3 rings (SSSR count). The van der Waals surface area contributed by atoms with Crippen LogP contribution in [0.15, 0.2) is 47.4 Å². The Bertz CT molecular complexity index is 724. The molecule has 0 radical (unpaired) electrons. The number of aromatic nitrogens is 1. The fourth-order valence-electron chi connectivity index (χ4n) is 2.90. The van der Waals surface area contributed by atoms with E-state index in [9.17, 15) is 9.59 Å². The van der Waals surface area contributed by atoms with E-state index in [1.807, 2.05) is 24.3 Å². The predicted molar refractivity (Wildman–Crippen MR) is 86.2 cm³/mol. The number of hydrogen-bond acceptors (Lipinski definition) is 2. The summed E-state index contributed by atoms with van der Waals surface area (Å²) in [7, 11) is 0. The minimum absolute atomic E-state index is 0.180. The molecule has 1 amide bonds. The molecule has 1 fully saturated rings. The molecular weight excluding hydrogens is 300 g/mol. The number of nitrogens with zero attached hydrogens (tertiary/aromatic N) is 1. The molecule has 1 saturated heterocycles. The van der Waals surface area contributed by atoms with Crippen molar-refractivity contribution in [3.8, 4) is 0 Å². The van der Waals surface area contributed by atoms with Crippen molar-refractivity contribution in [2.45, 2.75) is 12.8 Å². The highest BCUT2D eigenvalue weighted by Gasteiger charge is 2.28. The summed E-state index contributed by atoms with van der Waals surface area (Å²) >= 11 is 5.89. The van der Waals surface area contributed by atoms with Crippen molar-refractivity contribution in [2.24, 2.45) is 5.92 Å². The number of aromatic amines is 1. The molecule has 0 aliphatic carbocycles. The average Bonchev–Trinajstić information content (AvgIpc) is 2.98. The monoisotopic (exact) mass is 316 g/mol. The van der Waals surface area contributed by atoms with Crippen LogP contribution in [-0.2, 0) is 6.42 Å². The van der Waals surface area contributed by atoms with Crippen LogP contribution in [0.2, 0.25) is 5.02 Å². The summed E-state index contributed by atoms with van der Waals surface area (Å²) < 4.78 is 0. The quantitative estimate of drug-likeness (QED) is 0.946. The summed E-state index contributed by atoms with van der Waals surface area (Å²) in [6.07, 6.45) is 3.41. The molecule has 0 bridgehead atoms. The first kappa shape index (κ1) is 14.9. The summed E-state index contributed by atoms with van der Waals surface area (Å²) in [5.41, 5.74) is 1.12. The fourth-order valence-corrected chi connectivity index (χ4v) is 3.02. The van der Waals surface area contributed by atoms with Crippen molar-refractivity contribution >= 4 is 17.5 Å². The van der Waals surface area contributed by atoms with Gasteiger partial charge in [0.2, 0.25) is 0 Å². The van der Waals surface area contributed by atoms with Crippen LogP contribution in [0.25, 0.3) is 0 Å². The van der Waals surface area contributed by atoms with Crippen LogP contribution >= 0.6 is 11.6 Å². The molecule has 0 spiro atoms. The van der Waals surface area contributed by atoms with Crippen molar-refractivity contribution in [3.05, 3.63) is 69.1 Å². The molecule has 1 aliphatic heterocycles. The van der Waals surface area contributed by atoms with Gasteiger partial charge in [-0.15, -0.1) is 0 Å². The third-order valence-corrected chi connectivity index (χ3v) is 4.31. The largest absolute Gasteiger partial charge is 0.338 e. The van der Waals surface area contributed by atoms with Crippen LogP contribution in [0.1, 0.15) is 22.3 Å². The molecule has 2 heterocycles. The number of hydrogen-bond donors (Lipinski definition) is 1. The first-order valence-corrected chi connectivity index (χ1v) is 7.72. The Labute approximate surface area is 133 Å². The van der Waals surface area contributed by atoms with Gasteiger partial charge in [0.1, 0.15) is 5.56 Å². The lowest BCUT2D eigenvalue weighted by Gasteiger charge is -2.16. The fraction of sp³-hybridized carbons (Fsp3) is 0.294. The summed E-state index contributed by atoms with van der Waals surface area (Å²) in [4.78, 5) is 28.4. The molecule has 2 aromatic rings. The molecular formula is C17H17ClN2O2. The van der Waals surface area contributed by atoms with E-state index >= 15 is 0 Å². The zero-order chi connectivity index (χ0) is 15.5. The second-order valence-electron chi connectivity index (χ2n) is 5.65. The number of carbonyl (C=O) groups excluding carboxylic acids is 1. The van der Waals surface area contributed by atoms with E-state index in [2.05, 4.69) is 4.98 Å². The molecule has 1 N–H and O–H groups in total. The predicted octanol–water partition coefficient (Wildman–Crippen LogP) is 2.73. The van der Waals surface area contributed by atoms with Crippen LogP contribution in [0.5, 0.6) is 0 Å². The number of halogens is 1. The summed E-state index contributed by atoms with van der Waals surface area (Å²) in [5, 5.41) is 0.732. The number of carbonyl (C=O) groups is 1. The molecule has 1 unspecified atom stereocenters. The molecule has 4 nitrogen and oxygen atoms in total. The first-order valence-electron chi connectivity index (χ1n) is 7.35. The highest BCUT2D eigenvalue weighted by atomic mass is 35.5. The van der Waals surface area contributed by atoms with E-state index in [-0.39, 0.29) is 17.0 Å². The van der Waals surface area contributed by atoms with Gasteiger partial charge in [0.25, 0.3) is 11.5 Å². The van der Waals surface area contributed by atoms with Gasteiger partial charge in [-0.05, 0) is 48.6 Å². The zero-order valence-corrected chi connectivity index (χ0v) is 12.8. The van der Waals surface area contributed by atoms with Gasteiger partial charge in [0.15, 0.2) is 0 Å². The molecule has 22 heavy (non-hydrogen) atoms. The van der Waals surface area contributed by atoms with E-state index in [0.29, 0.717) is 19.0 Å². The molecule has 1 aliphatic rings. The van der Waals surface area contributed by atoms with Gasteiger partial charge in [-0.1, -0.05) is 23.7 Å². The molecule has 1 atom stereocenters. The smallest absolute Gasteiger partial charge is 0.260 e.